The molecule has 30 heavy (non-hydrogen) atoms. The molecule has 0 aliphatic heterocycles. The van der Waals surface area contributed by atoms with Crippen molar-refractivity contribution in [3.63, 3.8) is 0 Å². The lowest BCUT2D eigenvalue weighted by Gasteiger charge is -2.12. The largest absolute Gasteiger partial charge is 0.279 e. The van der Waals surface area contributed by atoms with E-state index in [1.165, 1.54) is 22.9 Å². The van der Waals surface area contributed by atoms with Crippen molar-refractivity contribution in [2.24, 2.45) is 5.14 Å². The van der Waals surface area contributed by atoms with Gasteiger partial charge in [0.05, 0.1) is 22.5 Å². The van der Waals surface area contributed by atoms with Gasteiger partial charge in [0.1, 0.15) is 5.82 Å². The molecule has 4 rings (SSSR count). The number of sulfonamides is 1. The Bertz CT molecular complexity index is 1410. The quantitative estimate of drug-likeness (QED) is 0.534. The average Bonchev–Trinajstić information content (AvgIpc) is 2.72. The Kier molecular flexibility index (Phi) is 5.19. The third kappa shape index (κ3) is 4.14. The fourth-order valence-corrected chi connectivity index (χ4v) is 3.84. The number of aromatic nitrogens is 2. The number of nitrogens with two attached hydrogens (primary N) is 1. The molecule has 6 nitrogen and oxygen atoms in total. The number of aryl methyl sites for hydroxylation is 1. The van der Waals surface area contributed by atoms with Gasteiger partial charge in [-0.2, -0.15) is 9.78 Å². The molecule has 0 atom stereocenters. The van der Waals surface area contributed by atoms with Crippen LogP contribution in [0.25, 0.3) is 27.7 Å². The van der Waals surface area contributed by atoms with Gasteiger partial charge in [0.2, 0.25) is 10.0 Å². The smallest absolute Gasteiger partial charge is 0.267 e. The number of primary sulfonamides is 1. The standard InChI is InChI=1S/C22H18FN3O3S/c23-17-7-4-8-18(14-17)26-22(27)20-10-2-1-9-19(20)21(25-26)16-6-3-5-15(13-16)11-12-30(24,28)29/h1-10,13-14H,11-12H2,(H2,24,28,29). The molecule has 152 valence electrons. The summed E-state index contributed by atoms with van der Waals surface area (Å²) in [5, 5.41) is 10.7. The minimum atomic E-state index is -3.58. The van der Waals surface area contributed by atoms with Crippen LogP contribution >= 0.6 is 0 Å². The molecule has 0 aliphatic rings. The van der Waals surface area contributed by atoms with E-state index in [1.807, 2.05) is 18.2 Å². The van der Waals surface area contributed by atoms with E-state index in [-0.39, 0.29) is 17.7 Å². The lowest BCUT2D eigenvalue weighted by atomic mass is 10.0. The van der Waals surface area contributed by atoms with Crippen molar-refractivity contribution in [1.82, 2.24) is 9.78 Å². The molecule has 1 aromatic heterocycles. The third-order valence-electron chi connectivity index (χ3n) is 4.73. The van der Waals surface area contributed by atoms with E-state index >= 15 is 0 Å². The first-order valence-corrected chi connectivity index (χ1v) is 10.9. The third-order valence-corrected chi connectivity index (χ3v) is 5.51. The van der Waals surface area contributed by atoms with E-state index in [4.69, 9.17) is 5.14 Å². The Morgan fingerprint density at radius 2 is 1.67 bits per heavy atom. The van der Waals surface area contributed by atoms with Crippen molar-refractivity contribution < 1.29 is 12.8 Å². The van der Waals surface area contributed by atoms with Crippen LogP contribution in [0.3, 0.4) is 0 Å². The molecule has 0 amide bonds. The zero-order valence-electron chi connectivity index (χ0n) is 15.8. The molecule has 0 bridgehead atoms. The first-order chi connectivity index (χ1) is 14.3. The van der Waals surface area contributed by atoms with Crippen molar-refractivity contribution >= 4 is 20.8 Å². The number of rotatable bonds is 5. The van der Waals surface area contributed by atoms with Crippen LogP contribution in [0.2, 0.25) is 0 Å². The lowest BCUT2D eigenvalue weighted by Crippen LogP contribution is -2.22. The fraction of sp³-hybridized carbons (Fsp3) is 0.0909. The van der Waals surface area contributed by atoms with Gasteiger partial charge >= 0.3 is 0 Å². The average molecular weight is 423 g/mol. The van der Waals surface area contributed by atoms with Crippen LogP contribution in [0.4, 0.5) is 4.39 Å². The Hall–Kier alpha value is -3.36. The highest BCUT2D eigenvalue weighted by atomic mass is 32.2. The molecule has 3 aromatic carbocycles. The maximum Gasteiger partial charge on any atom is 0.279 e. The van der Waals surface area contributed by atoms with Gasteiger partial charge in [0, 0.05) is 10.9 Å². The number of fused-ring (bicyclic) bond motifs is 1. The van der Waals surface area contributed by atoms with Crippen LogP contribution in [0, 0.1) is 5.82 Å². The molecule has 0 radical (unpaired) electrons. The summed E-state index contributed by atoms with van der Waals surface area (Å²) < 4.78 is 37.5. The summed E-state index contributed by atoms with van der Waals surface area (Å²) in [6.45, 7) is 0. The van der Waals surface area contributed by atoms with Crippen LogP contribution in [0.5, 0.6) is 0 Å². The number of hydrogen-bond acceptors (Lipinski definition) is 4. The van der Waals surface area contributed by atoms with E-state index in [2.05, 4.69) is 5.10 Å². The van der Waals surface area contributed by atoms with E-state index < -0.39 is 15.8 Å². The molecule has 0 saturated heterocycles. The Balaban J connectivity index is 1.91. The van der Waals surface area contributed by atoms with Crippen molar-refractivity contribution in [3.8, 4) is 16.9 Å². The minimum Gasteiger partial charge on any atom is -0.267 e. The topological polar surface area (TPSA) is 95.1 Å². The molecular weight excluding hydrogens is 405 g/mol. The molecule has 0 saturated carbocycles. The first-order valence-electron chi connectivity index (χ1n) is 9.20. The van der Waals surface area contributed by atoms with Crippen LogP contribution in [-0.2, 0) is 16.4 Å². The number of halogens is 1. The number of hydrogen-bond donors (Lipinski definition) is 1. The van der Waals surface area contributed by atoms with Crippen LogP contribution in [0.15, 0.2) is 77.6 Å². The highest BCUT2D eigenvalue weighted by molar-refractivity contribution is 7.89. The lowest BCUT2D eigenvalue weighted by molar-refractivity contribution is 0.597. The summed E-state index contributed by atoms with van der Waals surface area (Å²) in [5.74, 6) is -0.645. The number of nitrogens with zero attached hydrogens (tertiary/aromatic N) is 2. The molecule has 0 fully saturated rings. The van der Waals surface area contributed by atoms with Crippen molar-refractivity contribution in [2.75, 3.05) is 5.75 Å². The molecule has 8 heteroatoms. The maximum absolute atomic E-state index is 13.8. The van der Waals surface area contributed by atoms with Gasteiger partial charge < -0.3 is 0 Å². The van der Waals surface area contributed by atoms with Gasteiger partial charge in [-0.05, 0) is 42.3 Å². The van der Waals surface area contributed by atoms with E-state index in [0.29, 0.717) is 27.7 Å². The molecule has 0 aliphatic carbocycles. The zero-order chi connectivity index (χ0) is 21.3. The van der Waals surface area contributed by atoms with Crippen LogP contribution < -0.4 is 10.7 Å². The van der Waals surface area contributed by atoms with Gasteiger partial charge in [0.15, 0.2) is 0 Å². The second-order valence-electron chi connectivity index (χ2n) is 6.91. The summed E-state index contributed by atoms with van der Waals surface area (Å²) in [4.78, 5) is 13.0. The van der Waals surface area contributed by atoms with E-state index in [0.717, 1.165) is 5.56 Å². The number of benzene rings is 3. The predicted molar refractivity (Wildman–Crippen MR) is 114 cm³/mol. The zero-order valence-corrected chi connectivity index (χ0v) is 16.6. The summed E-state index contributed by atoms with van der Waals surface area (Å²) in [6.07, 6.45) is 0.258. The molecule has 4 aromatic rings. The monoisotopic (exact) mass is 423 g/mol. The van der Waals surface area contributed by atoms with Gasteiger partial charge in [-0.15, -0.1) is 0 Å². The summed E-state index contributed by atoms with van der Waals surface area (Å²) in [6, 6.07) is 20.0. The van der Waals surface area contributed by atoms with Crippen molar-refractivity contribution in [1.29, 1.82) is 0 Å². The van der Waals surface area contributed by atoms with E-state index in [1.54, 1.807) is 36.4 Å². The van der Waals surface area contributed by atoms with Crippen LogP contribution in [-0.4, -0.2) is 24.0 Å². The minimum absolute atomic E-state index is 0.173. The van der Waals surface area contributed by atoms with Gasteiger partial charge in [-0.25, -0.2) is 17.9 Å². The van der Waals surface area contributed by atoms with E-state index in [9.17, 15) is 17.6 Å². The molecule has 2 N–H and O–H groups in total. The fourth-order valence-electron chi connectivity index (χ4n) is 3.32. The first kappa shape index (κ1) is 19.9. The van der Waals surface area contributed by atoms with Gasteiger partial charge in [-0.1, -0.05) is 42.5 Å². The molecular formula is C22H18FN3O3S. The van der Waals surface area contributed by atoms with Gasteiger partial charge in [0.25, 0.3) is 5.56 Å². The summed E-state index contributed by atoms with van der Waals surface area (Å²) in [7, 11) is -3.58. The van der Waals surface area contributed by atoms with Crippen LogP contribution in [0.1, 0.15) is 5.56 Å². The summed E-state index contributed by atoms with van der Waals surface area (Å²) in [5.41, 5.74) is 1.98. The van der Waals surface area contributed by atoms with Crippen molar-refractivity contribution in [3.05, 3.63) is 94.5 Å². The highest BCUT2D eigenvalue weighted by Crippen LogP contribution is 2.26. The van der Waals surface area contributed by atoms with Crippen molar-refractivity contribution in [2.45, 2.75) is 6.42 Å². The van der Waals surface area contributed by atoms with Gasteiger partial charge in [-0.3, -0.25) is 4.79 Å². The Morgan fingerprint density at radius 1 is 0.933 bits per heavy atom. The second-order valence-corrected chi connectivity index (χ2v) is 8.64. The molecule has 1 heterocycles. The Morgan fingerprint density at radius 3 is 2.40 bits per heavy atom. The summed E-state index contributed by atoms with van der Waals surface area (Å²) >= 11 is 0. The molecule has 0 spiro atoms. The molecule has 0 unspecified atom stereocenters. The highest BCUT2D eigenvalue weighted by Gasteiger charge is 2.14. The normalized spacial score (nSPS) is 11.7. The maximum atomic E-state index is 13.8. The predicted octanol–water partition coefficient (Wildman–Crippen LogP) is 3.02. The second kappa shape index (κ2) is 7.81. The Labute approximate surface area is 172 Å². The SMILES string of the molecule is NS(=O)(=O)CCc1cccc(-c2nn(-c3cccc(F)c3)c(=O)c3ccccc23)c1.